The van der Waals surface area contributed by atoms with Crippen molar-refractivity contribution in [3.63, 3.8) is 0 Å². The van der Waals surface area contributed by atoms with Crippen molar-refractivity contribution in [3.05, 3.63) is 18.0 Å². The number of benzene rings is 1. The van der Waals surface area contributed by atoms with Crippen molar-refractivity contribution in [2.75, 3.05) is 26.6 Å². The van der Waals surface area contributed by atoms with Crippen LogP contribution in [0.4, 0.5) is 11.7 Å². The van der Waals surface area contributed by atoms with Crippen LogP contribution < -0.4 is 25.3 Å². The molecule has 1 aromatic heterocycles. The molecule has 0 amide bonds. The van der Waals surface area contributed by atoms with Crippen molar-refractivity contribution in [3.8, 4) is 17.2 Å². The average Bonchev–Trinajstić information content (AvgIpc) is 2.94. The van der Waals surface area contributed by atoms with Crippen molar-refractivity contribution >= 4 is 11.7 Å². The van der Waals surface area contributed by atoms with Gasteiger partial charge < -0.3 is 29.7 Å². The highest BCUT2D eigenvalue weighted by molar-refractivity contribution is 5.65. The van der Waals surface area contributed by atoms with Crippen LogP contribution in [0.2, 0.25) is 0 Å². The third kappa shape index (κ3) is 3.16. The topological polar surface area (TPSA) is 105 Å². The monoisotopic (exact) mass is 294 g/mol. The van der Waals surface area contributed by atoms with Gasteiger partial charge in [0, 0.05) is 12.1 Å². The molecule has 2 rings (SSSR count). The fourth-order valence-corrected chi connectivity index (χ4v) is 1.75. The molecule has 3 N–H and O–H groups in total. The molecule has 1 atom stereocenters. The largest absolute Gasteiger partial charge is 0.493 e. The maximum atomic E-state index is 5.67. The van der Waals surface area contributed by atoms with E-state index < -0.39 is 0 Å². The minimum Gasteiger partial charge on any atom is -0.493 e. The molecule has 0 bridgehead atoms. The number of nitrogens with two attached hydrogens (primary N) is 1. The van der Waals surface area contributed by atoms with E-state index in [0.29, 0.717) is 28.8 Å². The van der Waals surface area contributed by atoms with Crippen LogP contribution >= 0.6 is 0 Å². The van der Waals surface area contributed by atoms with E-state index in [4.69, 9.17) is 24.4 Å². The van der Waals surface area contributed by atoms with Crippen molar-refractivity contribution in [1.29, 1.82) is 0 Å². The molecule has 0 fully saturated rings. The van der Waals surface area contributed by atoms with Crippen LogP contribution in [-0.2, 0) is 0 Å². The molecular formula is C13H18N4O4. The number of nitrogens with zero attached hydrogens (tertiary/aromatic N) is 2. The number of rotatable bonds is 6. The standard InChI is InChI=1S/C13H18N4O4/c1-7(14)12-16-17-13(21-12)15-8-5-9(18-2)11(20-4)10(6-8)19-3/h5-7H,14H2,1-4H3,(H,15,17). The molecule has 0 aliphatic rings. The fraction of sp³-hybridized carbons (Fsp3) is 0.385. The van der Waals surface area contributed by atoms with Crippen molar-refractivity contribution in [1.82, 2.24) is 10.2 Å². The predicted octanol–water partition coefficient (Wildman–Crippen LogP) is 1.86. The summed E-state index contributed by atoms with van der Waals surface area (Å²) in [4.78, 5) is 0. The van der Waals surface area contributed by atoms with Gasteiger partial charge in [-0.3, -0.25) is 0 Å². The Morgan fingerprint density at radius 2 is 1.71 bits per heavy atom. The summed E-state index contributed by atoms with van der Waals surface area (Å²) in [5.41, 5.74) is 6.33. The molecule has 114 valence electrons. The molecule has 0 saturated heterocycles. The lowest BCUT2D eigenvalue weighted by molar-refractivity contribution is 0.324. The summed E-state index contributed by atoms with van der Waals surface area (Å²) in [6, 6.07) is 3.37. The second-order valence-electron chi connectivity index (χ2n) is 4.27. The van der Waals surface area contributed by atoms with E-state index in [0.717, 1.165) is 0 Å². The zero-order valence-corrected chi connectivity index (χ0v) is 12.3. The van der Waals surface area contributed by atoms with Gasteiger partial charge in [-0.1, -0.05) is 5.10 Å². The molecule has 1 aromatic carbocycles. The van der Waals surface area contributed by atoms with E-state index in [-0.39, 0.29) is 12.1 Å². The SMILES string of the molecule is COc1cc(Nc2nnc(C(C)N)o2)cc(OC)c1OC. The third-order valence-electron chi connectivity index (χ3n) is 2.75. The van der Waals surface area contributed by atoms with Gasteiger partial charge in [0.1, 0.15) is 0 Å². The quantitative estimate of drug-likeness (QED) is 0.831. The molecule has 0 radical (unpaired) electrons. The van der Waals surface area contributed by atoms with Gasteiger partial charge in [0.15, 0.2) is 11.5 Å². The first-order valence-corrected chi connectivity index (χ1v) is 6.25. The maximum absolute atomic E-state index is 5.67. The normalized spacial score (nSPS) is 11.9. The van der Waals surface area contributed by atoms with Gasteiger partial charge in [0.25, 0.3) is 0 Å². The second kappa shape index (κ2) is 6.31. The minimum atomic E-state index is -0.326. The molecule has 1 heterocycles. The lowest BCUT2D eigenvalue weighted by Crippen LogP contribution is -2.04. The first-order chi connectivity index (χ1) is 10.1. The molecule has 1 unspecified atom stereocenters. The summed E-state index contributed by atoms with van der Waals surface area (Å²) in [5, 5.41) is 10.7. The van der Waals surface area contributed by atoms with E-state index in [9.17, 15) is 0 Å². The molecule has 0 spiro atoms. The van der Waals surface area contributed by atoms with Gasteiger partial charge in [0.05, 0.1) is 33.1 Å². The van der Waals surface area contributed by atoms with Gasteiger partial charge in [-0.25, -0.2) is 0 Å². The molecule has 21 heavy (non-hydrogen) atoms. The van der Waals surface area contributed by atoms with Crippen LogP contribution in [0.1, 0.15) is 18.9 Å². The lowest BCUT2D eigenvalue weighted by Gasteiger charge is -2.13. The highest BCUT2D eigenvalue weighted by atomic mass is 16.5. The van der Waals surface area contributed by atoms with Gasteiger partial charge in [-0.15, -0.1) is 5.10 Å². The number of hydrogen-bond acceptors (Lipinski definition) is 8. The highest BCUT2D eigenvalue weighted by Crippen LogP contribution is 2.40. The van der Waals surface area contributed by atoms with Crippen LogP contribution in [0.15, 0.2) is 16.5 Å². The zero-order chi connectivity index (χ0) is 15.4. The Morgan fingerprint density at radius 1 is 1.10 bits per heavy atom. The second-order valence-corrected chi connectivity index (χ2v) is 4.27. The lowest BCUT2D eigenvalue weighted by atomic mass is 10.2. The Hall–Kier alpha value is -2.48. The van der Waals surface area contributed by atoms with Crippen LogP contribution in [0.3, 0.4) is 0 Å². The molecular weight excluding hydrogens is 276 g/mol. The molecule has 0 aliphatic heterocycles. The maximum Gasteiger partial charge on any atom is 0.320 e. The molecule has 2 aromatic rings. The van der Waals surface area contributed by atoms with Crippen LogP contribution in [0.25, 0.3) is 0 Å². The first kappa shape index (κ1) is 14.9. The van der Waals surface area contributed by atoms with Crippen LogP contribution in [0.5, 0.6) is 17.2 Å². The molecule has 0 aliphatic carbocycles. The Kier molecular flexibility index (Phi) is 4.49. The number of aromatic nitrogens is 2. The van der Waals surface area contributed by atoms with E-state index in [2.05, 4.69) is 15.5 Å². The zero-order valence-electron chi connectivity index (χ0n) is 12.3. The van der Waals surface area contributed by atoms with Crippen molar-refractivity contribution < 1.29 is 18.6 Å². The minimum absolute atomic E-state index is 0.233. The van der Waals surface area contributed by atoms with Crippen molar-refractivity contribution in [2.24, 2.45) is 5.73 Å². The Bertz CT molecular complexity index is 587. The van der Waals surface area contributed by atoms with Crippen molar-refractivity contribution in [2.45, 2.75) is 13.0 Å². The molecule has 8 heteroatoms. The molecule has 0 saturated carbocycles. The number of ether oxygens (including phenoxy) is 3. The smallest absolute Gasteiger partial charge is 0.320 e. The Morgan fingerprint density at radius 3 is 2.14 bits per heavy atom. The summed E-state index contributed by atoms with van der Waals surface area (Å²) in [6.07, 6.45) is 0. The summed E-state index contributed by atoms with van der Waals surface area (Å²) in [6.45, 7) is 1.76. The summed E-state index contributed by atoms with van der Waals surface area (Å²) in [5.74, 6) is 1.90. The number of anilines is 2. The van der Waals surface area contributed by atoms with E-state index in [1.54, 1.807) is 40.4 Å². The number of hydrogen-bond donors (Lipinski definition) is 2. The van der Waals surface area contributed by atoms with Gasteiger partial charge in [-0.05, 0) is 6.92 Å². The van der Waals surface area contributed by atoms with Gasteiger partial charge >= 0.3 is 6.01 Å². The summed E-state index contributed by atoms with van der Waals surface area (Å²) < 4.78 is 21.2. The number of nitrogens with one attached hydrogen (secondary N) is 1. The Balaban J connectivity index is 2.30. The highest BCUT2D eigenvalue weighted by Gasteiger charge is 2.15. The third-order valence-corrected chi connectivity index (χ3v) is 2.75. The first-order valence-electron chi connectivity index (χ1n) is 6.25. The molecule has 8 nitrogen and oxygen atoms in total. The van der Waals surface area contributed by atoms with Crippen LogP contribution in [0, 0.1) is 0 Å². The van der Waals surface area contributed by atoms with E-state index in [1.807, 2.05) is 0 Å². The summed E-state index contributed by atoms with van der Waals surface area (Å²) >= 11 is 0. The Labute approximate surface area is 122 Å². The van der Waals surface area contributed by atoms with E-state index >= 15 is 0 Å². The van der Waals surface area contributed by atoms with Gasteiger partial charge in [-0.2, -0.15) is 0 Å². The summed E-state index contributed by atoms with van der Waals surface area (Å²) in [7, 11) is 4.63. The van der Waals surface area contributed by atoms with Gasteiger partial charge in [0.2, 0.25) is 11.6 Å². The average molecular weight is 294 g/mol. The predicted molar refractivity (Wildman–Crippen MR) is 76.3 cm³/mol. The van der Waals surface area contributed by atoms with E-state index in [1.165, 1.54) is 0 Å². The van der Waals surface area contributed by atoms with Crippen LogP contribution in [-0.4, -0.2) is 31.5 Å². The number of methoxy groups -OCH3 is 3. The fourth-order valence-electron chi connectivity index (χ4n) is 1.75.